The molecule has 5 nitrogen and oxygen atoms in total. The minimum Gasteiger partial charge on any atom is -0.321 e. The van der Waals surface area contributed by atoms with E-state index >= 15 is 0 Å². The Balaban J connectivity index is 2.09. The summed E-state index contributed by atoms with van der Waals surface area (Å²) in [5.74, 6) is -0.379. The number of amides is 1. The molecule has 0 atom stereocenters. The average molecular weight is 345 g/mol. The molecule has 0 aliphatic heterocycles. The molecule has 0 saturated heterocycles. The number of anilines is 2. The monoisotopic (exact) mass is 344 g/mol. The van der Waals surface area contributed by atoms with Gasteiger partial charge >= 0.3 is 0 Å². The van der Waals surface area contributed by atoms with Crippen molar-refractivity contribution in [1.29, 1.82) is 0 Å². The Hall–Kier alpha value is -1.57. The van der Waals surface area contributed by atoms with Crippen LogP contribution in [0.1, 0.15) is 9.67 Å². The van der Waals surface area contributed by atoms with Crippen molar-refractivity contribution in [2.45, 2.75) is 0 Å². The van der Waals surface area contributed by atoms with Crippen LogP contribution in [0.5, 0.6) is 0 Å². The first kappa shape index (κ1) is 15.8. The molecule has 0 unspecified atom stereocenters. The second-order valence-electron chi connectivity index (χ2n) is 4.12. The number of sulfonamides is 1. The van der Waals surface area contributed by atoms with Crippen LogP contribution in [0.3, 0.4) is 0 Å². The first-order valence-corrected chi connectivity index (χ1v) is 9.08. The zero-order valence-corrected chi connectivity index (χ0v) is 13.3. The van der Waals surface area contributed by atoms with E-state index in [1.54, 1.807) is 36.4 Å². The Morgan fingerprint density at radius 2 is 1.95 bits per heavy atom. The summed E-state index contributed by atoms with van der Waals surface area (Å²) in [6, 6.07) is 10.0. The lowest BCUT2D eigenvalue weighted by Gasteiger charge is -2.09. The van der Waals surface area contributed by atoms with Gasteiger partial charge in [-0.25, -0.2) is 8.42 Å². The lowest BCUT2D eigenvalue weighted by atomic mass is 10.3. The fourth-order valence-electron chi connectivity index (χ4n) is 1.59. The molecule has 0 bridgehead atoms. The van der Waals surface area contributed by atoms with Gasteiger partial charge in [-0.15, -0.1) is 22.9 Å². The van der Waals surface area contributed by atoms with E-state index in [1.165, 1.54) is 11.3 Å². The molecule has 0 aliphatic rings. The Morgan fingerprint density at radius 1 is 1.19 bits per heavy atom. The minimum absolute atomic E-state index is 0.0180. The van der Waals surface area contributed by atoms with Gasteiger partial charge in [-0.2, -0.15) is 0 Å². The molecule has 1 heterocycles. The third kappa shape index (κ3) is 4.73. The van der Waals surface area contributed by atoms with Crippen LogP contribution >= 0.6 is 22.9 Å². The van der Waals surface area contributed by atoms with Gasteiger partial charge in [0.25, 0.3) is 5.91 Å². The van der Waals surface area contributed by atoms with E-state index < -0.39 is 10.0 Å². The number of hydrogen-bond donors (Lipinski definition) is 2. The van der Waals surface area contributed by atoms with Crippen LogP contribution in [-0.4, -0.2) is 26.0 Å². The van der Waals surface area contributed by atoms with Gasteiger partial charge < -0.3 is 5.32 Å². The Kier molecular flexibility index (Phi) is 5.22. The SMILES string of the molecule is O=C(Nc1cccc(NS(=O)(=O)CCCl)c1)c1cccs1. The smallest absolute Gasteiger partial charge is 0.265 e. The van der Waals surface area contributed by atoms with Gasteiger partial charge in [0.05, 0.1) is 16.3 Å². The van der Waals surface area contributed by atoms with E-state index in [1.807, 2.05) is 5.38 Å². The number of carbonyl (C=O) groups excluding carboxylic acids is 1. The van der Waals surface area contributed by atoms with Crippen molar-refractivity contribution < 1.29 is 13.2 Å². The third-order valence-corrected chi connectivity index (χ3v) is 5.05. The van der Waals surface area contributed by atoms with Gasteiger partial charge in [0.15, 0.2) is 0 Å². The highest BCUT2D eigenvalue weighted by Crippen LogP contribution is 2.18. The predicted octanol–water partition coefficient (Wildman–Crippen LogP) is 2.98. The van der Waals surface area contributed by atoms with Gasteiger partial charge in [0.2, 0.25) is 10.0 Å². The number of carbonyl (C=O) groups is 1. The van der Waals surface area contributed by atoms with Crippen LogP contribution in [-0.2, 0) is 10.0 Å². The summed E-state index contributed by atoms with van der Waals surface area (Å²) < 4.78 is 25.7. The van der Waals surface area contributed by atoms with E-state index in [0.29, 0.717) is 16.3 Å². The van der Waals surface area contributed by atoms with Crippen LogP contribution in [0, 0.1) is 0 Å². The van der Waals surface area contributed by atoms with Crippen LogP contribution in [0.25, 0.3) is 0 Å². The van der Waals surface area contributed by atoms with Crippen molar-refractivity contribution in [3.63, 3.8) is 0 Å². The quantitative estimate of drug-likeness (QED) is 0.791. The summed E-state index contributed by atoms with van der Waals surface area (Å²) in [4.78, 5) is 12.5. The fourth-order valence-corrected chi connectivity index (χ4v) is 3.61. The van der Waals surface area contributed by atoms with Crippen LogP contribution in [0.15, 0.2) is 41.8 Å². The average Bonchev–Trinajstić information content (AvgIpc) is 2.92. The van der Waals surface area contributed by atoms with E-state index in [2.05, 4.69) is 10.0 Å². The lowest BCUT2D eigenvalue weighted by molar-refractivity contribution is 0.103. The lowest BCUT2D eigenvalue weighted by Crippen LogP contribution is -2.17. The van der Waals surface area contributed by atoms with Gasteiger partial charge in [-0.3, -0.25) is 9.52 Å². The molecule has 0 radical (unpaired) electrons. The highest BCUT2D eigenvalue weighted by molar-refractivity contribution is 7.92. The van der Waals surface area contributed by atoms with Crippen LogP contribution in [0.2, 0.25) is 0 Å². The molecular weight excluding hydrogens is 332 g/mol. The van der Waals surface area contributed by atoms with Crippen molar-refractivity contribution in [2.24, 2.45) is 0 Å². The highest BCUT2D eigenvalue weighted by atomic mass is 35.5. The number of hydrogen-bond acceptors (Lipinski definition) is 4. The maximum Gasteiger partial charge on any atom is 0.265 e. The molecule has 0 aliphatic carbocycles. The van der Waals surface area contributed by atoms with Crippen molar-refractivity contribution >= 4 is 50.2 Å². The zero-order chi connectivity index (χ0) is 15.3. The maximum atomic E-state index is 11.9. The molecule has 1 aromatic carbocycles. The summed E-state index contributed by atoms with van der Waals surface area (Å²) in [6.07, 6.45) is 0. The Morgan fingerprint density at radius 3 is 2.62 bits per heavy atom. The van der Waals surface area contributed by atoms with Crippen LogP contribution in [0.4, 0.5) is 11.4 Å². The number of nitrogens with one attached hydrogen (secondary N) is 2. The molecule has 2 rings (SSSR count). The molecule has 0 saturated carbocycles. The fraction of sp³-hybridized carbons (Fsp3) is 0.154. The van der Waals surface area contributed by atoms with Gasteiger partial charge in [0.1, 0.15) is 0 Å². The van der Waals surface area contributed by atoms with Gasteiger partial charge in [0, 0.05) is 11.6 Å². The predicted molar refractivity (Wildman–Crippen MR) is 86.8 cm³/mol. The highest BCUT2D eigenvalue weighted by Gasteiger charge is 2.11. The van der Waals surface area contributed by atoms with E-state index in [-0.39, 0.29) is 17.5 Å². The van der Waals surface area contributed by atoms with E-state index in [4.69, 9.17) is 11.6 Å². The number of benzene rings is 1. The second-order valence-corrected chi connectivity index (χ2v) is 7.29. The van der Waals surface area contributed by atoms with Gasteiger partial charge in [-0.05, 0) is 29.6 Å². The van der Waals surface area contributed by atoms with Crippen molar-refractivity contribution in [2.75, 3.05) is 21.7 Å². The van der Waals surface area contributed by atoms with Crippen molar-refractivity contribution in [1.82, 2.24) is 0 Å². The number of halogens is 1. The van der Waals surface area contributed by atoms with E-state index in [0.717, 1.165) is 0 Å². The molecule has 1 amide bonds. The molecule has 0 spiro atoms. The van der Waals surface area contributed by atoms with Crippen LogP contribution < -0.4 is 10.0 Å². The first-order chi connectivity index (χ1) is 10.00. The summed E-state index contributed by atoms with van der Waals surface area (Å²) >= 11 is 6.77. The molecule has 0 fully saturated rings. The normalized spacial score (nSPS) is 11.1. The van der Waals surface area contributed by atoms with E-state index in [9.17, 15) is 13.2 Å². The molecule has 2 N–H and O–H groups in total. The molecule has 1 aromatic heterocycles. The zero-order valence-electron chi connectivity index (χ0n) is 10.9. The van der Waals surface area contributed by atoms with Crippen molar-refractivity contribution in [3.8, 4) is 0 Å². The molecule has 21 heavy (non-hydrogen) atoms. The minimum atomic E-state index is -3.47. The summed E-state index contributed by atoms with van der Waals surface area (Å²) in [5.41, 5.74) is 0.892. The molecule has 2 aromatic rings. The summed E-state index contributed by atoms with van der Waals surface area (Å²) in [6.45, 7) is 0. The first-order valence-electron chi connectivity index (χ1n) is 6.01. The number of alkyl halides is 1. The standard InChI is InChI=1S/C13H13ClN2O3S2/c14-6-8-21(18,19)16-11-4-1-3-10(9-11)15-13(17)12-5-2-7-20-12/h1-5,7,9,16H,6,8H2,(H,15,17). The summed E-state index contributed by atoms with van der Waals surface area (Å²) in [5, 5.41) is 4.52. The molecular formula is C13H13ClN2O3S2. The molecule has 112 valence electrons. The Bertz CT molecular complexity index is 715. The maximum absolute atomic E-state index is 11.9. The number of rotatable bonds is 6. The number of thiophene rings is 1. The molecule has 8 heteroatoms. The Labute approximate surface area is 132 Å². The topological polar surface area (TPSA) is 75.3 Å². The van der Waals surface area contributed by atoms with Crippen molar-refractivity contribution in [3.05, 3.63) is 46.7 Å². The second kappa shape index (κ2) is 6.93. The largest absolute Gasteiger partial charge is 0.321 e. The van der Waals surface area contributed by atoms with Gasteiger partial charge in [-0.1, -0.05) is 12.1 Å². The summed E-state index contributed by atoms with van der Waals surface area (Å²) in [7, 11) is -3.47. The third-order valence-electron chi connectivity index (χ3n) is 2.48.